The first-order valence-electron chi connectivity index (χ1n) is 12.0. The van der Waals surface area contributed by atoms with Gasteiger partial charge in [0.25, 0.3) is 11.8 Å². The standard InChI is InChI=1S/C27H26FN3O5S/c28-23-7-3-2-6-20(23)17-31-24-13-10-21(16-25(24)36-18-26(31)32)29-27(33)19-8-11-22(12-9-19)37(34,35)30-14-4-1-5-15-30/h2-3,6-13,16H,1,4-5,14-15,17-18H2,(H,29,33). The van der Waals surface area contributed by atoms with Crippen LogP contribution in [-0.4, -0.2) is 44.2 Å². The Kier molecular flexibility index (Phi) is 6.94. The molecule has 8 nitrogen and oxygen atoms in total. The van der Waals surface area contributed by atoms with E-state index in [-0.39, 0.29) is 24.0 Å². The molecule has 0 radical (unpaired) electrons. The number of hydrogen-bond acceptors (Lipinski definition) is 5. The number of sulfonamides is 1. The van der Waals surface area contributed by atoms with Gasteiger partial charge >= 0.3 is 0 Å². The molecule has 0 bridgehead atoms. The molecule has 3 aromatic rings. The highest BCUT2D eigenvalue weighted by molar-refractivity contribution is 7.89. The van der Waals surface area contributed by atoms with Crippen molar-refractivity contribution in [3.63, 3.8) is 0 Å². The molecule has 2 heterocycles. The fraction of sp³-hybridized carbons (Fsp3) is 0.259. The normalized spacial score (nSPS) is 16.1. The summed E-state index contributed by atoms with van der Waals surface area (Å²) in [6.45, 7) is 0.870. The Labute approximate surface area is 214 Å². The van der Waals surface area contributed by atoms with Gasteiger partial charge in [-0.1, -0.05) is 24.6 Å². The van der Waals surface area contributed by atoms with E-state index in [0.717, 1.165) is 19.3 Å². The van der Waals surface area contributed by atoms with E-state index < -0.39 is 21.7 Å². The van der Waals surface area contributed by atoms with E-state index >= 15 is 0 Å². The smallest absolute Gasteiger partial charge is 0.265 e. The number of piperidine rings is 1. The average Bonchev–Trinajstić information content (AvgIpc) is 2.92. The summed E-state index contributed by atoms with van der Waals surface area (Å²) in [7, 11) is -3.58. The molecule has 37 heavy (non-hydrogen) atoms. The Morgan fingerprint density at radius 3 is 2.43 bits per heavy atom. The molecule has 0 spiro atoms. The number of halogens is 1. The molecule has 0 aromatic heterocycles. The third kappa shape index (κ3) is 5.21. The average molecular weight is 524 g/mol. The minimum atomic E-state index is -3.58. The molecule has 1 saturated heterocycles. The summed E-state index contributed by atoms with van der Waals surface area (Å²) in [4.78, 5) is 26.9. The lowest BCUT2D eigenvalue weighted by atomic mass is 10.1. The number of rotatable bonds is 6. The second kappa shape index (κ2) is 10.3. The number of carbonyl (C=O) groups excluding carboxylic acids is 2. The molecule has 1 fully saturated rings. The summed E-state index contributed by atoms with van der Waals surface area (Å²) < 4.78 is 46.9. The number of amides is 2. The third-order valence-electron chi connectivity index (χ3n) is 6.52. The zero-order valence-electron chi connectivity index (χ0n) is 20.0. The molecule has 2 aliphatic rings. The van der Waals surface area contributed by atoms with E-state index in [4.69, 9.17) is 4.74 Å². The second-order valence-electron chi connectivity index (χ2n) is 8.99. The first-order valence-corrected chi connectivity index (χ1v) is 13.5. The number of carbonyl (C=O) groups is 2. The van der Waals surface area contributed by atoms with Crippen LogP contribution in [0.3, 0.4) is 0 Å². The van der Waals surface area contributed by atoms with E-state index in [1.807, 2.05) is 0 Å². The predicted molar refractivity (Wildman–Crippen MR) is 137 cm³/mol. The number of benzene rings is 3. The highest BCUT2D eigenvalue weighted by Crippen LogP contribution is 2.36. The second-order valence-corrected chi connectivity index (χ2v) is 10.9. The maximum Gasteiger partial charge on any atom is 0.265 e. The molecule has 0 unspecified atom stereocenters. The Balaban J connectivity index is 1.30. The fourth-order valence-corrected chi connectivity index (χ4v) is 6.01. The molecule has 10 heteroatoms. The summed E-state index contributed by atoms with van der Waals surface area (Å²) in [6.07, 6.45) is 2.72. The van der Waals surface area contributed by atoms with E-state index in [9.17, 15) is 22.4 Å². The lowest BCUT2D eigenvalue weighted by Crippen LogP contribution is -2.38. The van der Waals surface area contributed by atoms with Gasteiger partial charge in [0.1, 0.15) is 11.6 Å². The number of ether oxygens (including phenoxy) is 1. The quantitative estimate of drug-likeness (QED) is 0.523. The summed E-state index contributed by atoms with van der Waals surface area (Å²) in [5, 5.41) is 2.77. The van der Waals surface area contributed by atoms with Gasteiger partial charge in [-0.2, -0.15) is 4.31 Å². The summed E-state index contributed by atoms with van der Waals surface area (Å²) in [6, 6.07) is 17.0. The van der Waals surface area contributed by atoms with Crippen LogP contribution in [0, 0.1) is 5.82 Å². The molecule has 0 atom stereocenters. The van der Waals surface area contributed by atoms with Gasteiger partial charge in [-0.15, -0.1) is 0 Å². The molecule has 0 aliphatic carbocycles. The zero-order valence-corrected chi connectivity index (χ0v) is 20.8. The zero-order chi connectivity index (χ0) is 26.0. The van der Waals surface area contributed by atoms with Crippen LogP contribution in [-0.2, 0) is 21.4 Å². The maximum atomic E-state index is 14.1. The van der Waals surface area contributed by atoms with Gasteiger partial charge in [-0.05, 0) is 55.3 Å². The Morgan fingerprint density at radius 1 is 0.973 bits per heavy atom. The van der Waals surface area contributed by atoms with Crippen LogP contribution in [0.15, 0.2) is 71.6 Å². The van der Waals surface area contributed by atoms with Crippen molar-refractivity contribution in [1.29, 1.82) is 0 Å². The van der Waals surface area contributed by atoms with Gasteiger partial charge in [-0.25, -0.2) is 12.8 Å². The van der Waals surface area contributed by atoms with Crippen LogP contribution in [0.1, 0.15) is 35.2 Å². The van der Waals surface area contributed by atoms with Crippen molar-refractivity contribution < 1.29 is 27.1 Å². The molecular formula is C27H26FN3O5S. The summed E-state index contributed by atoms with van der Waals surface area (Å²) in [5.41, 5.74) is 1.60. The number of nitrogens with one attached hydrogen (secondary N) is 1. The Morgan fingerprint density at radius 2 is 1.70 bits per heavy atom. The highest BCUT2D eigenvalue weighted by atomic mass is 32.2. The molecule has 192 valence electrons. The minimum Gasteiger partial charge on any atom is -0.481 e. The van der Waals surface area contributed by atoms with Crippen LogP contribution in [0.5, 0.6) is 5.75 Å². The third-order valence-corrected chi connectivity index (χ3v) is 8.43. The molecule has 1 N–H and O–H groups in total. The van der Waals surface area contributed by atoms with Gasteiger partial charge in [-0.3, -0.25) is 9.59 Å². The van der Waals surface area contributed by atoms with E-state index in [1.54, 1.807) is 36.4 Å². The lowest BCUT2D eigenvalue weighted by Gasteiger charge is -2.30. The number of fused-ring (bicyclic) bond motifs is 1. The Bertz CT molecular complexity index is 1440. The SMILES string of the molecule is O=C(Nc1ccc2c(c1)OCC(=O)N2Cc1ccccc1F)c1ccc(S(=O)(=O)N2CCCCC2)cc1. The van der Waals surface area contributed by atoms with Crippen molar-refractivity contribution in [2.45, 2.75) is 30.7 Å². The van der Waals surface area contributed by atoms with Crippen LogP contribution in [0.2, 0.25) is 0 Å². The van der Waals surface area contributed by atoms with Gasteiger partial charge in [0, 0.05) is 36.0 Å². The summed E-state index contributed by atoms with van der Waals surface area (Å²) in [5.74, 6) is -0.734. The van der Waals surface area contributed by atoms with Gasteiger partial charge in [0.05, 0.1) is 17.1 Å². The van der Waals surface area contributed by atoms with Crippen molar-refractivity contribution in [3.05, 3.63) is 83.7 Å². The Hall–Kier alpha value is -3.76. The monoisotopic (exact) mass is 523 g/mol. The molecule has 5 rings (SSSR count). The number of nitrogens with zero attached hydrogens (tertiary/aromatic N) is 2. The van der Waals surface area contributed by atoms with E-state index in [1.165, 1.54) is 39.5 Å². The van der Waals surface area contributed by atoms with Crippen molar-refractivity contribution >= 4 is 33.2 Å². The van der Waals surface area contributed by atoms with Crippen LogP contribution in [0.25, 0.3) is 0 Å². The fourth-order valence-electron chi connectivity index (χ4n) is 4.49. The van der Waals surface area contributed by atoms with Gasteiger partial charge in [0.2, 0.25) is 10.0 Å². The molecule has 2 aliphatic heterocycles. The molecule has 2 amide bonds. The first-order chi connectivity index (χ1) is 17.8. The number of hydrogen-bond donors (Lipinski definition) is 1. The van der Waals surface area contributed by atoms with Crippen molar-refractivity contribution in [2.75, 3.05) is 29.9 Å². The number of anilines is 2. The largest absolute Gasteiger partial charge is 0.481 e. The molecule has 0 saturated carbocycles. The van der Waals surface area contributed by atoms with Gasteiger partial charge in [0.15, 0.2) is 6.61 Å². The molecule has 3 aromatic carbocycles. The van der Waals surface area contributed by atoms with E-state index in [2.05, 4.69) is 5.32 Å². The van der Waals surface area contributed by atoms with Gasteiger partial charge < -0.3 is 15.0 Å². The van der Waals surface area contributed by atoms with Crippen molar-refractivity contribution in [3.8, 4) is 5.75 Å². The first kappa shape index (κ1) is 24.9. The molecular weight excluding hydrogens is 497 g/mol. The van der Waals surface area contributed by atoms with Crippen LogP contribution in [0.4, 0.5) is 15.8 Å². The summed E-state index contributed by atoms with van der Waals surface area (Å²) >= 11 is 0. The maximum absolute atomic E-state index is 14.1. The van der Waals surface area contributed by atoms with Crippen LogP contribution >= 0.6 is 0 Å². The predicted octanol–water partition coefficient (Wildman–Crippen LogP) is 4.18. The lowest BCUT2D eigenvalue weighted by molar-refractivity contribution is -0.121. The van der Waals surface area contributed by atoms with Crippen molar-refractivity contribution in [2.24, 2.45) is 0 Å². The minimum absolute atomic E-state index is 0.0558. The van der Waals surface area contributed by atoms with E-state index in [0.29, 0.717) is 41.3 Å². The topological polar surface area (TPSA) is 96.0 Å². The highest BCUT2D eigenvalue weighted by Gasteiger charge is 2.28. The van der Waals surface area contributed by atoms with Crippen LogP contribution < -0.4 is 15.0 Å². The van der Waals surface area contributed by atoms with Crippen molar-refractivity contribution in [1.82, 2.24) is 4.31 Å².